The van der Waals surface area contributed by atoms with E-state index in [2.05, 4.69) is 54.9 Å². The first-order valence-electron chi connectivity index (χ1n) is 11.2. The molecule has 2 aliphatic rings. The van der Waals surface area contributed by atoms with E-state index in [-0.39, 0.29) is 29.0 Å². The van der Waals surface area contributed by atoms with Crippen molar-refractivity contribution in [2.45, 2.75) is 64.1 Å². The Kier molecular flexibility index (Phi) is 5.43. The van der Waals surface area contributed by atoms with Crippen molar-refractivity contribution in [2.24, 2.45) is 0 Å². The Bertz CT molecular complexity index is 1160. The monoisotopic (exact) mass is 455 g/mol. The highest BCUT2D eigenvalue weighted by Crippen LogP contribution is 2.38. The van der Waals surface area contributed by atoms with E-state index in [1.165, 1.54) is 23.6 Å². The zero-order valence-electron chi connectivity index (χ0n) is 18.9. The summed E-state index contributed by atoms with van der Waals surface area (Å²) < 4.78 is 30.2. The molecule has 0 radical (unpaired) electrons. The number of anilines is 3. The van der Waals surface area contributed by atoms with Gasteiger partial charge < -0.3 is 10.6 Å². The summed E-state index contributed by atoms with van der Waals surface area (Å²) in [4.78, 5) is 11.0. The second-order valence-electron chi connectivity index (χ2n) is 9.40. The third kappa shape index (κ3) is 4.24. The van der Waals surface area contributed by atoms with E-state index in [1.54, 1.807) is 19.1 Å². The summed E-state index contributed by atoms with van der Waals surface area (Å²) in [5, 5.41) is 17.5. The molecule has 0 amide bonds. The topological polar surface area (TPSA) is 96.7 Å². The second-order valence-corrected chi connectivity index (χ2v) is 9.40. The van der Waals surface area contributed by atoms with Crippen molar-refractivity contribution in [1.82, 2.24) is 35.1 Å². The fourth-order valence-electron chi connectivity index (χ4n) is 5.18. The number of hydrogen-bond acceptors (Lipinski definition) is 8. The van der Waals surface area contributed by atoms with Crippen molar-refractivity contribution in [1.29, 1.82) is 0 Å². The Labute approximate surface area is 190 Å². The number of piperidine rings is 1. The van der Waals surface area contributed by atoms with Gasteiger partial charge in [-0.05, 0) is 81.6 Å². The van der Waals surface area contributed by atoms with Gasteiger partial charge in [0.2, 0.25) is 5.95 Å². The van der Waals surface area contributed by atoms with Crippen LogP contribution in [0.1, 0.15) is 45.4 Å². The average Bonchev–Trinajstić information content (AvgIpc) is 3.41. The van der Waals surface area contributed by atoms with Crippen LogP contribution in [0, 0.1) is 18.6 Å². The summed E-state index contributed by atoms with van der Waals surface area (Å²) in [6.07, 6.45) is 5.39. The van der Waals surface area contributed by atoms with E-state index in [4.69, 9.17) is 0 Å². The standard InChI is InChI=1S/C22H27F2N9/c1-13-29-30-31-33(13)19-10-14(6-7-17(19)23)27-21-25-12-18(24)20(28-21)26-15-9-16-5-4-8-32(16)22(2,3)11-15/h6-7,10,12,15-16H,4-5,8-9,11H2,1-3H3,(H2,25,26,27,28). The predicted octanol–water partition coefficient (Wildman–Crippen LogP) is 3.60. The molecular weight excluding hydrogens is 428 g/mol. The van der Waals surface area contributed by atoms with Gasteiger partial charge in [0.15, 0.2) is 17.5 Å². The maximum atomic E-state index is 14.6. The minimum absolute atomic E-state index is 0.0561. The molecule has 2 fully saturated rings. The third-order valence-electron chi connectivity index (χ3n) is 6.60. The second kappa shape index (κ2) is 8.29. The summed E-state index contributed by atoms with van der Waals surface area (Å²) in [5.74, 6) is -0.150. The van der Waals surface area contributed by atoms with Crippen LogP contribution >= 0.6 is 0 Å². The van der Waals surface area contributed by atoms with E-state index in [1.807, 2.05) is 0 Å². The number of nitrogens with one attached hydrogen (secondary N) is 2. The van der Waals surface area contributed by atoms with Crippen LogP contribution in [0.5, 0.6) is 0 Å². The SMILES string of the molecule is Cc1nnnn1-c1cc(Nc2ncc(F)c(NC3CC4CCCN4C(C)(C)C3)n2)ccc1F. The Hall–Kier alpha value is -3.21. The summed E-state index contributed by atoms with van der Waals surface area (Å²) in [6.45, 7) is 7.31. The molecule has 0 aliphatic carbocycles. The number of fused-ring (bicyclic) bond motifs is 1. The number of rotatable bonds is 5. The highest BCUT2D eigenvalue weighted by atomic mass is 19.1. The van der Waals surface area contributed by atoms with Gasteiger partial charge in [0.25, 0.3) is 0 Å². The molecule has 2 atom stereocenters. The molecule has 3 aromatic rings. The average molecular weight is 456 g/mol. The van der Waals surface area contributed by atoms with Gasteiger partial charge in [0.1, 0.15) is 11.5 Å². The number of tetrazole rings is 1. The molecule has 1 aromatic carbocycles. The van der Waals surface area contributed by atoms with Gasteiger partial charge in [0, 0.05) is 23.3 Å². The van der Waals surface area contributed by atoms with E-state index < -0.39 is 11.6 Å². The van der Waals surface area contributed by atoms with Crippen molar-refractivity contribution in [3.8, 4) is 5.69 Å². The molecule has 2 saturated heterocycles. The van der Waals surface area contributed by atoms with Gasteiger partial charge in [-0.1, -0.05) is 0 Å². The lowest BCUT2D eigenvalue weighted by atomic mass is 9.84. The maximum Gasteiger partial charge on any atom is 0.229 e. The van der Waals surface area contributed by atoms with Crippen LogP contribution in [0.3, 0.4) is 0 Å². The highest BCUT2D eigenvalue weighted by molar-refractivity contribution is 5.59. The summed E-state index contributed by atoms with van der Waals surface area (Å²) in [5.41, 5.74) is 0.772. The summed E-state index contributed by atoms with van der Waals surface area (Å²) in [7, 11) is 0. The summed E-state index contributed by atoms with van der Waals surface area (Å²) >= 11 is 0. The molecule has 2 aliphatic heterocycles. The molecule has 11 heteroatoms. The fourth-order valence-corrected chi connectivity index (χ4v) is 5.18. The Morgan fingerprint density at radius 3 is 2.82 bits per heavy atom. The molecule has 2 N–H and O–H groups in total. The minimum Gasteiger partial charge on any atom is -0.365 e. The molecule has 0 bridgehead atoms. The van der Waals surface area contributed by atoms with Gasteiger partial charge in [-0.15, -0.1) is 5.10 Å². The zero-order chi connectivity index (χ0) is 23.2. The van der Waals surface area contributed by atoms with Crippen LogP contribution in [-0.4, -0.2) is 59.2 Å². The molecule has 5 rings (SSSR count). The number of benzene rings is 1. The van der Waals surface area contributed by atoms with Crippen LogP contribution in [0.15, 0.2) is 24.4 Å². The van der Waals surface area contributed by atoms with E-state index in [0.717, 1.165) is 25.6 Å². The Morgan fingerprint density at radius 1 is 1.18 bits per heavy atom. The van der Waals surface area contributed by atoms with Crippen molar-refractivity contribution in [2.75, 3.05) is 17.2 Å². The lowest BCUT2D eigenvalue weighted by Gasteiger charge is -2.47. The van der Waals surface area contributed by atoms with Crippen molar-refractivity contribution in [3.63, 3.8) is 0 Å². The number of nitrogens with zero attached hydrogens (tertiary/aromatic N) is 7. The van der Waals surface area contributed by atoms with E-state index >= 15 is 0 Å². The van der Waals surface area contributed by atoms with Gasteiger partial charge >= 0.3 is 0 Å². The van der Waals surface area contributed by atoms with Crippen LogP contribution in [0.4, 0.5) is 26.2 Å². The smallest absolute Gasteiger partial charge is 0.229 e. The van der Waals surface area contributed by atoms with Gasteiger partial charge in [0.05, 0.1) is 6.20 Å². The number of hydrogen-bond donors (Lipinski definition) is 2. The van der Waals surface area contributed by atoms with Crippen LogP contribution in [0.2, 0.25) is 0 Å². The largest absolute Gasteiger partial charge is 0.365 e. The van der Waals surface area contributed by atoms with E-state index in [9.17, 15) is 8.78 Å². The molecular formula is C22H27F2N9. The van der Waals surface area contributed by atoms with Gasteiger partial charge in [-0.2, -0.15) is 9.67 Å². The Morgan fingerprint density at radius 2 is 2.03 bits per heavy atom. The lowest BCUT2D eigenvalue weighted by molar-refractivity contribution is 0.0500. The van der Waals surface area contributed by atoms with Crippen molar-refractivity contribution < 1.29 is 8.78 Å². The molecule has 0 saturated carbocycles. The number of halogens is 2. The minimum atomic E-state index is -0.503. The third-order valence-corrected chi connectivity index (χ3v) is 6.60. The number of aromatic nitrogens is 6. The first-order chi connectivity index (χ1) is 15.8. The van der Waals surface area contributed by atoms with Crippen LogP contribution in [0.25, 0.3) is 5.69 Å². The molecule has 2 aromatic heterocycles. The van der Waals surface area contributed by atoms with E-state index in [0.29, 0.717) is 17.6 Å². The Balaban J connectivity index is 1.35. The van der Waals surface area contributed by atoms with Gasteiger partial charge in [-0.25, -0.2) is 13.8 Å². The normalized spacial score (nSPS) is 22.2. The van der Waals surface area contributed by atoms with Crippen molar-refractivity contribution in [3.05, 3.63) is 41.9 Å². The summed E-state index contributed by atoms with van der Waals surface area (Å²) in [6, 6.07) is 5.05. The highest BCUT2D eigenvalue weighted by Gasteiger charge is 2.43. The molecule has 4 heterocycles. The van der Waals surface area contributed by atoms with Crippen molar-refractivity contribution >= 4 is 17.5 Å². The zero-order valence-corrected chi connectivity index (χ0v) is 18.9. The van der Waals surface area contributed by atoms with Crippen LogP contribution in [-0.2, 0) is 0 Å². The first kappa shape index (κ1) is 21.6. The fraction of sp³-hybridized carbons (Fsp3) is 0.500. The molecule has 2 unspecified atom stereocenters. The maximum absolute atomic E-state index is 14.6. The quantitative estimate of drug-likeness (QED) is 0.603. The predicted molar refractivity (Wildman–Crippen MR) is 120 cm³/mol. The molecule has 174 valence electrons. The molecule has 33 heavy (non-hydrogen) atoms. The number of aryl methyl sites for hydroxylation is 1. The molecule has 0 spiro atoms. The first-order valence-corrected chi connectivity index (χ1v) is 11.2. The molecule has 9 nitrogen and oxygen atoms in total. The lowest BCUT2D eigenvalue weighted by Crippen LogP contribution is -2.55. The van der Waals surface area contributed by atoms with Gasteiger partial charge in [-0.3, -0.25) is 4.90 Å². The van der Waals surface area contributed by atoms with Crippen LogP contribution < -0.4 is 10.6 Å².